The molecule has 0 amide bonds. The van der Waals surface area contributed by atoms with E-state index in [1.54, 1.807) is 0 Å². The first kappa shape index (κ1) is 71.0. The Balaban J connectivity index is 4.07. The number of ether oxygens (including phenoxy) is 2. The van der Waals surface area contributed by atoms with Crippen molar-refractivity contribution in [2.45, 2.75) is 296 Å². The summed E-state index contributed by atoms with van der Waals surface area (Å²) in [6, 6.07) is 0. The molecule has 0 aromatic heterocycles. The monoisotopic (exact) mass is 1050 g/mol. The average molecular weight is 1050 g/mol. The zero-order valence-electron chi connectivity index (χ0n) is 48.6. The van der Waals surface area contributed by atoms with Crippen molar-refractivity contribution in [2.75, 3.05) is 47.5 Å². The number of carbonyl (C=O) groups excluding carboxylic acids is 2. The second-order valence-electron chi connectivity index (χ2n) is 22.1. The molecule has 2 unspecified atom stereocenters. The molecule has 0 rings (SSSR count). The fraction of sp³-hybridized carbons (Fsp3) is 0.841. The number of likely N-dealkylation sites (N-methyl/N-ethyl adjacent to an activating group) is 1. The standard InChI is InChI=1S/C63H118NO8P/c1-6-8-10-12-14-16-18-20-22-24-26-28-29-30-31-32-33-34-35-36-38-40-42-44-46-48-50-52-54-56-63(66)72-61(60-71-73(67,68)70-58-57-64(3,4)5)59-69-62(65)55-53-51-49-47-45-43-41-39-37-27-25-23-21-19-17-15-13-11-9-7-2/h8,10,14,16,20,22,26,28,61H,6-7,9,11-13,15,17-19,21,23-25,27,29-60H2,1-5H3/p+1/b10-8-,16-14-,22-20-,28-26-. The zero-order chi connectivity index (χ0) is 53.5. The van der Waals surface area contributed by atoms with Gasteiger partial charge in [-0.15, -0.1) is 0 Å². The summed E-state index contributed by atoms with van der Waals surface area (Å²) in [5, 5.41) is 0. The molecule has 0 aliphatic rings. The summed E-state index contributed by atoms with van der Waals surface area (Å²) >= 11 is 0. The van der Waals surface area contributed by atoms with Crippen LogP contribution >= 0.6 is 7.82 Å². The lowest BCUT2D eigenvalue weighted by atomic mass is 10.0. The van der Waals surface area contributed by atoms with Crippen LogP contribution in [0.15, 0.2) is 48.6 Å². The van der Waals surface area contributed by atoms with E-state index in [0.29, 0.717) is 23.9 Å². The Morgan fingerprint density at radius 1 is 0.438 bits per heavy atom. The predicted molar refractivity (Wildman–Crippen MR) is 312 cm³/mol. The van der Waals surface area contributed by atoms with Crippen LogP contribution in [0.3, 0.4) is 0 Å². The maximum atomic E-state index is 12.8. The van der Waals surface area contributed by atoms with E-state index in [1.807, 2.05) is 21.1 Å². The second kappa shape index (κ2) is 54.7. The highest BCUT2D eigenvalue weighted by atomic mass is 31.2. The van der Waals surface area contributed by atoms with Gasteiger partial charge in [-0.1, -0.05) is 274 Å². The minimum absolute atomic E-state index is 0.0335. The summed E-state index contributed by atoms with van der Waals surface area (Å²) in [7, 11) is 1.49. The van der Waals surface area contributed by atoms with E-state index in [4.69, 9.17) is 18.5 Å². The number of hydrogen-bond acceptors (Lipinski definition) is 7. The van der Waals surface area contributed by atoms with Gasteiger partial charge >= 0.3 is 19.8 Å². The number of phosphoric ester groups is 1. The molecule has 0 fully saturated rings. The Morgan fingerprint density at radius 2 is 0.781 bits per heavy atom. The van der Waals surface area contributed by atoms with E-state index in [2.05, 4.69) is 62.5 Å². The third-order valence-corrected chi connectivity index (χ3v) is 14.6. The van der Waals surface area contributed by atoms with Crippen LogP contribution < -0.4 is 0 Å². The van der Waals surface area contributed by atoms with Gasteiger partial charge in [0.1, 0.15) is 19.8 Å². The van der Waals surface area contributed by atoms with Crippen LogP contribution in [-0.4, -0.2) is 74.9 Å². The molecule has 0 saturated carbocycles. The summed E-state index contributed by atoms with van der Waals surface area (Å²) in [6.45, 7) is 4.37. The van der Waals surface area contributed by atoms with Crippen LogP contribution in [0.5, 0.6) is 0 Å². The molecule has 9 nitrogen and oxygen atoms in total. The maximum absolute atomic E-state index is 12.8. The zero-order valence-corrected chi connectivity index (χ0v) is 49.5. The molecule has 0 spiro atoms. The second-order valence-corrected chi connectivity index (χ2v) is 23.5. The quantitative estimate of drug-likeness (QED) is 0.0211. The van der Waals surface area contributed by atoms with Gasteiger partial charge in [0.2, 0.25) is 0 Å². The smallest absolute Gasteiger partial charge is 0.462 e. The van der Waals surface area contributed by atoms with Crippen LogP contribution in [0.2, 0.25) is 0 Å². The van der Waals surface area contributed by atoms with E-state index in [-0.39, 0.29) is 25.6 Å². The Bertz CT molecular complexity index is 1370. The number of unbranched alkanes of at least 4 members (excludes halogenated alkanes) is 35. The van der Waals surface area contributed by atoms with E-state index in [0.717, 1.165) is 57.8 Å². The Morgan fingerprint density at radius 3 is 1.16 bits per heavy atom. The normalized spacial score (nSPS) is 13.6. The van der Waals surface area contributed by atoms with Gasteiger partial charge in [0.25, 0.3) is 0 Å². The summed E-state index contributed by atoms with van der Waals surface area (Å²) in [4.78, 5) is 35.7. The topological polar surface area (TPSA) is 108 Å². The van der Waals surface area contributed by atoms with Crippen LogP contribution in [0.4, 0.5) is 0 Å². The molecule has 0 aromatic carbocycles. The fourth-order valence-electron chi connectivity index (χ4n) is 8.89. The van der Waals surface area contributed by atoms with Crippen molar-refractivity contribution >= 4 is 19.8 Å². The number of carbonyl (C=O) groups is 2. The molecule has 0 heterocycles. The van der Waals surface area contributed by atoms with Gasteiger partial charge in [0.05, 0.1) is 27.7 Å². The third kappa shape index (κ3) is 59.1. The summed E-state index contributed by atoms with van der Waals surface area (Å²) < 4.78 is 34.6. The molecule has 2 atom stereocenters. The van der Waals surface area contributed by atoms with Crippen LogP contribution in [0.1, 0.15) is 290 Å². The summed E-state index contributed by atoms with van der Waals surface area (Å²) in [5.41, 5.74) is 0. The molecule has 0 radical (unpaired) electrons. The first-order valence-electron chi connectivity index (χ1n) is 30.9. The number of esters is 2. The molecule has 428 valence electrons. The third-order valence-electron chi connectivity index (χ3n) is 13.6. The van der Waals surface area contributed by atoms with Gasteiger partial charge in [-0.3, -0.25) is 18.6 Å². The molecule has 0 aliphatic heterocycles. The summed E-state index contributed by atoms with van der Waals surface area (Å²) in [6.07, 6.45) is 69.0. The van der Waals surface area contributed by atoms with Crippen molar-refractivity contribution in [2.24, 2.45) is 0 Å². The van der Waals surface area contributed by atoms with Crippen LogP contribution in [0.25, 0.3) is 0 Å². The van der Waals surface area contributed by atoms with Gasteiger partial charge < -0.3 is 18.9 Å². The van der Waals surface area contributed by atoms with Crippen LogP contribution in [0, 0.1) is 0 Å². The first-order valence-corrected chi connectivity index (χ1v) is 32.4. The number of hydrogen-bond donors (Lipinski definition) is 1. The van der Waals surface area contributed by atoms with E-state index in [1.165, 1.54) is 199 Å². The van der Waals surface area contributed by atoms with Gasteiger partial charge in [-0.25, -0.2) is 4.57 Å². The highest BCUT2D eigenvalue weighted by Crippen LogP contribution is 2.43. The molecule has 10 heteroatoms. The molecular weight excluding hydrogens is 930 g/mol. The Hall–Kier alpha value is -2.03. The lowest BCUT2D eigenvalue weighted by Crippen LogP contribution is -2.37. The molecule has 0 bridgehead atoms. The fourth-order valence-corrected chi connectivity index (χ4v) is 9.63. The van der Waals surface area contributed by atoms with Crippen molar-refractivity contribution in [3.63, 3.8) is 0 Å². The van der Waals surface area contributed by atoms with E-state index < -0.39 is 26.5 Å². The number of nitrogens with zero attached hydrogens (tertiary/aromatic N) is 1. The molecule has 0 aliphatic carbocycles. The number of rotatable bonds is 57. The number of phosphoric acid groups is 1. The maximum Gasteiger partial charge on any atom is 0.472 e. The lowest BCUT2D eigenvalue weighted by molar-refractivity contribution is -0.870. The Kier molecular flexibility index (Phi) is 53.2. The molecule has 0 saturated heterocycles. The highest BCUT2D eigenvalue weighted by molar-refractivity contribution is 7.47. The Labute approximate surface area is 452 Å². The first-order chi connectivity index (χ1) is 35.5. The molecular formula is C63H119NO8P+. The van der Waals surface area contributed by atoms with E-state index >= 15 is 0 Å². The summed E-state index contributed by atoms with van der Waals surface area (Å²) in [5.74, 6) is -0.782. The van der Waals surface area contributed by atoms with Gasteiger partial charge in [0.15, 0.2) is 6.10 Å². The van der Waals surface area contributed by atoms with Gasteiger partial charge in [-0.2, -0.15) is 0 Å². The minimum Gasteiger partial charge on any atom is -0.462 e. The van der Waals surface area contributed by atoms with Crippen molar-refractivity contribution in [1.82, 2.24) is 0 Å². The SMILES string of the molecule is CC/C=C\C/C=C\C/C=C\C/C=C\CCCCCCCCCCCCCCCCCCC(=O)OC(COC(=O)CCCCCCCCCCCCCCCCCCCCCC)COP(=O)(O)OCC[N+](C)(C)C. The van der Waals surface area contributed by atoms with Crippen molar-refractivity contribution in [1.29, 1.82) is 0 Å². The van der Waals surface area contributed by atoms with Crippen molar-refractivity contribution < 1.29 is 42.1 Å². The number of quaternary nitrogens is 1. The van der Waals surface area contributed by atoms with E-state index in [9.17, 15) is 19.0 Å². The van der Waals surface area contributed by atoms with Gasteiger partial charge in [0, 0.05) is 12.8 Å². The molecule has 0 aromatic rings. The average Bonchev–Trinajstić information content (AvgIpc) is 3.35. The highest BCUT2D eigenvalue weighted by Gasteiger charge is 2.27. The van der Waals surface area contributed by atoms with Crippen LogP contribution in [-0.2, 0) is 32.7 Å². The largest absolute Gasteiger partial charge is 0.472 e. The molecule has 1 N–H and O–H groups in total. The number of allylic oxidation sites excluding steroid dienone is 8. The lowest BCUT2D eigenvalue weighted by Gasteiger charge is -2.24. The predicted octanol–water partition coefficient (Wildman–Crippen LogP) is 19.3. The van der Waals surface area contributed by atoms with Gasteiger partial charge in [-0.05, 0) is 51.4 Å². The molecule has 73 heavy (non-hydrogen) atoms. The van der Waals surface area contributed by atoms with Crippen molar-refractivity contribution in [3.8, 4) is 0 Å². The van der Waals surface area contributed by atoms with Crippen molar-refractivity contribution in [3.05, 3.63) is 48.6 Å². The minimum atomic E-state index is -4.38.